The zero-order valence-corrected chi connectivity index (χ0v) is 16.4. The Balaban J connectivity index is 1.89. The molecule has 26 heavy (non-hydrogen) atoms. The van der Waals surface area contributed by atoms with Crippen LogP contribution in [-0.2, 0) is 4.79 Å². The van der Waals surface area contributed by atoms with Crippen LogP contribution in [0.5, 0.6) is 5.75 Å². The molecule has 3 rings (SSSR count). The van der Waals surface area contributed by atoms with E-state index in [1.807, 2.05) is 6.26 Å². The van der Waals surface area contributed by atoms with Gasteiger partial charge in [-0.3, -0.25) is 14.5 Å². The third kappa shape index (κ3) is 3.54. The molecule has 2 amide bonds. The van der Waals surface area contributed by atoms with Gasteiger partial charge in [-0.1, -0.05) is 24.3 Å². The van der Waals surface area contributed by atoms with Gasteiger partial charge in [0.2, 0.25) is 0 Å². The number of hydrogen-bond acceptors (Lipinski definition) is 5. The molecule has 1 unspecified atom stereocenters. The van der Waals surface area contributed by atoms with Crippen molar-refractivity contribution in [3.63, 3.8) is 0 Å². The molecule has 0 fully saturated rings. The highest BCUT2D eigenvalue weighted by Crippen LogP contribution is 2.29. The Morgan fingerprint density at radius 1 is 1.08 bits per heavy atom. The van der Waals surface area contributed by atoms with Crippen molar-refractivity contribution in [3.8, 4) is 5.75 Å². The Labute approximate surface area is 163 Å². The Bertz CT molecular complexity index is 835. The average Bonchev–Trinajstić information content (AvgIpc) is 2.89. The van der Waals surface area contributed by atoms with Gasteiger partial charge in [0, 0.05) is 0 Å². The van der Waals surface area contributed by atoms with Crippen LogP contribution in [0.3, 0.4) is 0 Å². The van der Waals surface area contributed by atoms with Crippen LogP contribution in [-0.4, -0.2) is 40.7 Å². The molecular weight excluding hydrogens is 418 g/mol. The van der Waals surface area contributed by atoms with Crippen LogP contribution in [0.2, 0.25) is 0 Å². The molecule has 2 aromatic carbocycles. The van der Waals surface area contributed by atoms with Gasteiger partial charge in [-0.2, -0.15) is 11.8 Å². The van der Waals surface area contributed by atoms with Crippen LogP contribution < -0.4 is 4.74 Å². The minimum absolute atomic E-state index is 0.320. The van der Waals surface area contributed by atoms with E-state index in [0.29, 0.717) is 33.5 Å². The summed E-state index contributed by atoms with van der Waals surface area (Å²) in [5.41, 5.74) is 0.640. The molecular formula is C19H16BrNO4S. The van der Waals surface area contributed by atoms with Crippen molar-refractivity contribution in [2.45, 2.75) is 12.5 Å². The first-order valence-corrected chi connectivity index (χ1v) is 10.2. The largest absolute Gasteiger partial charge is 0.424 e. The fourth-order valence-corrected chi connectivity index (χ4v) is 3.60. The maximum absolute atomic E-state index is 12.8. The number of rotatable bonds is 6. The number of hydrogen-bond donors (Lipinski definition) is 0. The first-order valence-electron chi connectivity index (χ1n) is 7.96. The van der Waals surface area contributed by atoms with Crippen LogP contribution in [0, 0.1) is 0 Å². The Kier molecular flexibility index (Phi) is 5.78. The molecule has 0 saturated heterocycles. The number of thioether (sulfide) groups is 1. The molecule has 2 aromatic rings. The number of benzene rings is 2. The summed E-state index contributed by atoms with van der Waals surface area (Å²) in [7, 11) is 0. The number of para-hydroxylation sites is 1. The molecule has 0 saturated carbocycles. The lowest BCUT2D eigenvalue weighted by Gasteiger charge is -2.24. The van der Waals surface area contributed by atoms with Gasteiger partial charge in [-0.15, -0.1) is 0 Å². The number of ether oxygens (including phenoxy) is 1. The highest BCUT2D eigenvalue weighted by molar-refractivity contribution is 9.10. The lowest BCUT2D eigenvalue weighted by atomic mass is 10.1. The molecule has 0 aromatic heterocycles. The number of imide groups is 1. The van der Waals surface area contributed by atoms with Crippen molar-refractivity contribution >= 4 is 45.5 Å². The minimum atomic E-state index is -0.970. The third-order valence-corrected chi connectivity index (χ3v) is 5.35. The lowest BCUT2D eigenvalue weighted by molar-refractivity contribution is -0.138. The summed E-state index contributed by atoms with van der Waals surface area (Å²) in [5, 5.41) is 0. The topological polar surface area (TPSA) is 63.7 Å². The van der Waals surface area contributed by atoms with E-state index in [9.17, 15) is 14.4 Å². The first-order chi connectivity index (χ1) is 12.5. The monoisotopic (exact) mass is 433 g/mol. The number of carbonyl (C=O) groups is 3. The van der Waals surface area contributed by atoms with Gasteiger partial charge in [-0.25, -0.2) is 4.79 Å². The van der Waals surface area contributed by atoms with Crippen molar-refractivity contribution in [2.75, 3.05) is 12.0 Å². The third-order valence-electron chi connectivity index (χ3n) is 4.05. The molecule has 1 atom stereocenters. The molecule has 0 bridgehead atoms. The van der Waals surface area contributed by atoms with Crippen LogP contribution >= 0.6 is 27.7 Å². The van der Waals surface area contributed by atoms with Gasteiger partial charge >= 0.3 is 5.97 Å². The Morgan fingerprint density at radius 3 is 2.23 bits per heavy atom. The van der Waals surface area contributed by atoms with E-state index in [1.165, 1.54) is 11.8 Å². The van der Waals surface area contributed by atoms with Gasteiger partial charge in [0.05, 0.1) is 15.6 Å². The minimum Gasteiger partial charge on any atom is -0.424 e. The average molecular weight is 434 g/mol. The van der Waals surface area contributed by atoms with E-state index in [2.05, 4.69) is 15.9 Å². The molecule has 1 aliphatic heterocycles. The van der Waals surface area contributed by atoms with E-state index in [1.54, 1.807) is 48.5 Å². The highest BCUT2D eigenvalue weighted by atomic mass is 79.9. The van der Waals surface area contributed by atoms with Crippen molar-refractivity contribution in [2.24, 2.45) is 0 Å². The van der Waals surface area contributed by atoms with E-state index >= 15 is 0 Å². The summed E-state index contributed by atoms with van der Waals surface area (Å²) in [5.74, 6) is -0.575. The first kappa shape index (κ1) is 18.7. The molecule has 0 spiro atoms. The normalized spacial score (nSPS) is 14.3. The van der Waals surface area contributed by atoms with Crippen molar-refractivity contribution in [1.29, 1.82) is 0 Å². The summed E-state index contributed by atoms with van der Waals surface area (Å²) >= 11 is 4.86. The maximum Gasteiger partial charge on any atom is 0.334 e. The van der Waals surface area contributed by atoms with Crippen molar-refractivity contribution in [1.82, 2.24) is 4.90 Å². The van der Waals surface area contributed by atoms with Crippen LogP contribution in [0.4, 0.5) is 0 Å². The van der Waals surface area contributed by atoms with E-state index in [-0.39, 0.29) is 0 Å². The van der Waals surface area contributed by atoms with Gasteiger partial charge in [-0.05, 0) is 58.6 Å². The van der Waals surface area contributed by atoms with Gasteiger partial charge < -0.3 is 4.74 Å². The summed E-state index contributed by atoms with van der Waals surface area (Å²) in [6, 6.07) is 12.6. The summed E-state index contributed by atoms with van der Waals surface area (Å²) in [6.07, 6.45) is 2.23. The summed E-state index contributed by atoms with van der Waals surface area (Å²) < 4.78 is 6.10. The second-order valence-electron chi connectivity index (χ2n) is 5.67. The molecule has 0 aliphatic carbocycles. The van der Waals surface area contributed by atoms with Crippen molar-refractivity contribution < 1.29 is 19.1 Å². The highest BCUT2D eigenvalue weighted by Gasteiger charge is 2.43. The van der Waals surface area contributed by atoms with Crippen LogP contribution in [0.25, 0.3) is 0 Å². The molecule has 1 heterocycles. The van der Waals surface area contributed by atoms with E-state index in [4.69, 9.17) is 4.74 Å². The number of halogens is 1. The zero-order chi connectivity index (χ0) is 18.7. The zero-order valence-electron chi connectivity index (χ0n) is 14.0. The molecule has 7 heteroatoms. The van der Waals surface area contributed by atoms with Crippen molar-refractivity contribution in [3.05, 3.63) is 64.1 Å². The van der Waals surface area contributed by atoms with E-state index < -0.39 is 23.8 Å². The second-order valence-corrected chi connectivity index (χ2v) is 7.51. The summed E-state index contributed by atoms with van der Waals surface area (Å²) in [4.78, 5) is 39.3. The quantitative estimate of drug-likeness (QED) is 0.394. The fourth-order valence-electron chi connectivity index (χ4n) is 2.78. The molecule has 5 nitrogen and oxygen atoms in total. The van der Waals surface area contributed by atoms with Gasteiger partial charge in [0.1, 0.15) is 11.8 Å². The second kappa shape index (κ2) is 8.05. The number of fused-ring (bicyclic) bond motifs is 1. The smallest absolute Gasteiger partial charge is 0.334 e. The summed E-state index contributed by atoms with van der Waals surface area (Å²) in [6.45, 7) is 0. The Hall–Kier alpha value is -2.12. The lowest BCUT2D eigenvalue weighted by Crippen LogP contribution is -2.47. The van der Waals surface area contributed by atoms with Crippen LogP contribution in [0.15, 0.2) is 53.0 Å². The predicted molar refractivity (Wildman–Crippen MR) is 104 cm³/mol. The number of nitrogens with zero attached hydrogens (tertiary/aromatic N) is 1. The molecule has 0 radical (unpaired) electrons. The fraction of sp³-hybridized carbons (Fsp3) is 0.211. The molecule has 1 aliphatic rings. The SMILES string of the molecule is CSCCC(C(=O)Oc1ccccc1Br)N1C(=O)c2ccccc2C1=O. The van der Waals surface area contributed by atoms with Gasteiger partial charge in [0.25, 0.3) is 11.8 Å². The standard InChI is InChI=1S/C19H16BrNO4S/c1-26-11-10-15(19(24)25-16-9-5-4-8-14(16)20)21-17(22)12-6-2-3-7-13(12)18(21)23/h2-9,15H,10-11H2,1H3. The van der Waals surface area contributed by atoms with E-state index in [0.717, 1.165) is 4.90 Å². The van der Waals surface area contributed by atoms with Crippen LogP contribution in [0.1, 0.15) is 27.1 Å². The number of esters is 1. The molecule has 134 valence electrons. The number of carbonyl (C=O) groups excluding carboxylic acids is 3. The molecule has 0 N–H and O–H groups in total. The number of amides is 2. The Morgan fingerprint density at radius 2 is 1.65 bits per heavy atom. The maximum atomic E-state index is 12.8. The van der Waals surface area contributed by atoms with Gasteiger partial charge in [0.15, 0.2) is 0 Å². The predicted octanol–water partition coefficient (Wildman–Crippen LogP) is 3.77.